The average molecular weight is 147 g/mol. The van der Waals surface area contributed by atoms with Gasteiger partial charge in [-0.15, -0.1) is 0 Å². The second-order valence-electron chi connectivity index (χ2n) is 2.01. The van der Waals surface area contributed by atoms with Crippen molar-refractivity contribution in [3.63, 3.8) is 0 Å². The Kier molecular flexibility index (Phi) is 1.96. The largest absolute Gasteiger partial charge is 0.384 e. The van der Waals surface area contributed by atoms with Crippen molar-refractivity contribution in [2.75, 3.05) is 0 Å². The fourth-order valence-electron chi connectivity index (χ4n) is 0.686. The predicted octanol–water partition coefficient (Wildman–Crippen LogP) is -0.415. The molecule has 0 saturated carbocycles. The first kappa shape index (κ1) is 7.40. The number of hydrogen-bond acceptors (Lipinski definition) is 2. The number of rotatable bonds is 2. The van der Waals surface area contributed by atoms with E-state index in [-0.39, 0.29) is 5.84 Å². The zero-order valence-electron chi connectivity index (χ0n) is 5.78. The van der Waals surface area contributed by atoms with Crippen LogP contribution in [0.3, 0.4) is 0 Å². The van der Waals surface area contributed by atoms with Crippen molar-refractivity contribution in [1.29, 1.82) is 5.41 Å². The summed E-state index contributed by atoms with van der Waals surface area (Å²) in [6.45, 7) is 0. The van der Waals surface area contributed by atoms with E-state index in [1.807, 2.05) is 0 Å². The van der Waals surface area contributed by atoms with Crippen molar-refractivity contribution in [2.24, 2.45) is 5.73 Å². The van der Waals surface area contributed by atoms with Gasteiger partial charge in [-0.25, -0.2) is 0 Å². The van der Waals surface area contributed by atoms with Crippen LogP contribution in [-0.2, 0) is 0 Å². The van der Waals surface area contributed by atoms with Gasteiger partial charge in [0.25, 0.3) is 0 Å². The Bertz CT molecular complexity index is 292. The molecule has 1 aromatic rings. The predicted molar refractivity (Wildman–Crippen MR) is 42.6 cm³/mol. The smallest absolute Gasteiger partial charge is 0.122 e. The molecule has 0 aliphatic carbocycles. The third kappa shape index (κ3) is 1.61. The summed E-state index contributed by atoms with van der Waals surface area (Å²) < 4.78 is 0. The molecular formula is C7H7N4. The molecule has 11 heavy (non-hydrogen) atoms. The summed E-state index contributed by atoms with van der Waals surface area (Å²) in [5.74, 6) is -0.0319. The summed E-state index contributed by atoms with van der Waals surface area (Å²) in [4.78, 5) is 3.78. The van der Waals surface area contributed by atoms with E-state index < -0.39 is 0 Å². The minimum absolute atomic E-state index is 0.0319. The van der Waals surface area contributed by atoms with Crippen LogP contribution in [0.1, 0.15) is 11.3 Å². The zero-order chi connectivity index (χ0) is 8.27. The third-order valence-corrected chi connectivity index (χ3v) is 1.22. The van der Waals surface area contributed by atoms with Crippen molar-refractivity contribution in [3.8, 4) is 0 Å². The normalized spacial score (nSPS) is 9.09. The second kappa shape index (κ2) is 2.92. The fourth-order valence-corrected chi connectivity index (χ4v) is 0.686. The van der Waals surface area contributed by atoms with Crippen LogP contribution in [0.25, 0.3) is 0 Å². The van der Waals surface area contributed by atoms with Crippen molar-refractivity contribution >= 4 is 12.1 Å². The minimum Gasteiger partial charge on any atom is -0.384 e. The molecule has 1 rings (SSSR count). The van der Waals surface area contributed by atoms with Gasteiger partial charge in [0.2, 0.25) is 0 Å². The van der Waals surface area contributed by atoms with Crippen molar-refractivity contribution in [3.05, 3.63) is 29.6 Å². The lowest BCUT2D eigenvalue weighted by atomic mass is 10.2. The van der Waals surface area contributed by atoms with E-state index in [1.54, 1.807) is 6.07 Å². The maximum atomic E-state index is 8.55. The molecule has 0 aliphatic rings. The van der Waals surface area contributed by atoms with Crippen LogP contribution >= 0.6 is 0 Å². The van der Waals surface area contributed by atoms with E-state index in [9.17, 15) is 0 Å². The standard InChI is InChI=1S/C7H7N4/c8-4-6-3-5(7(9)10)1-2-11-6/h1-4H,(H3,9,10). The van der Waals surface area contributed by atoms with Gasteiger partial charge in [0, 0.05) is 11.8 Å². The first-order valence-corrected chi connectivity index (χ1v) is 3.02. The Labute approximate surface area is 64.1 Å². The van der Waals surface area contributed by atoms with E-state index >= 15 is 0 Å². The Hall–Kier alpha value is -1.71. The summed E-state index contributed by atoms with van der Waals surface area (Å²) in [6, 6.07) is 3.14. The van der Waals surface area contributed by atoms with Gasteiger partial charge < -0.3 is 5.73 Å². The van der Waals surface area contributed by atoms with Crippen LogP contribution < -0.4 is 11.1 Å². The molecule has 0 aliphatic heterocycles. The quantitative estimate of drug-likeness (QED) is 0.440. The van der Waals surface area contributed by atoms with E-state index in [4.69, 9.17) is 16.6 Å². The highest BCUT2D eigenvalue weighted by molar-refractivity contribution is 5.96. The van der Waals surface area contributed by atoms with Crippen LogP contribution in [0.4, 0.5) is 0 Å². The van der Waals surface area contributed by atoms with Gasteiger partial charge in [-0.2, -0.15) is 5.41 Å². The van der Waals surface area contributed by atoms with Crippen LogP contribution in [0.2, 0.25) is 0 Å². The summed E-state index contributed by atoms with van der Waals surface area (Å²) >= 11 is 0. The first-order chi connectivity index (χ1) is 5.24. The lowest BCUT2D eigenvalue weighted by Gasteiger charge is -1.96. The molecular weight excluding hydrogens is 140 g/mol. The Morgan fingerprint density at radius 1 is 1.73 bits per heavy atom. The molecule has 1 aromatic heterocycles. The van der Waals surface area contributed by atoms with Gasteiger partial charge in [0.15, 0.2) is 0 Å². The molecule has 0 saturated heterocycles. The van der Waals surface area contributed by atoms with E-state index in [1.165, 1.54) is 12.3 Å². The van der Waals surface area contributed by atoms with Gasteiger partial charge in [0.05, 0.1) is 11.9 Å². The topological polar surface area (TPSA) is 85.1 Å². The lowest BCUT2D eigenvalue weighted by molar-refractivity contribution is 1.28. The van der Waals surface area contributed by atoms with Crippen molar-refractivity contribution < 1.29 is 0 Å². The molecule has 3 N–H and O–H groups in total. The molecule has 4 heteroatoms. The monoisotopic (exact) mass is 147 g/mol. The molecule has 1 radical (unpaired) electrons. The van der Waals surface area contributed by atoms with E-state index in [0.29, 0.717) is 11.3 Å². The van der Waals surface area contributed by atoms with E-state index in [0.717, 1.165) is 6.21 Å². The van der Waals surface area contributed by atoms with Gasteiger partial charge >= 0.3 is 0 Å². The SMILES string of the molecule is [N]=Cc1cc(C(=N)N)ccn1. The number of hydrogen-bond donors (Lipinski definition) is 2. The van der Waals surface area contributed by atoms with Gasteiger partial charge in [-0.3, -0.25) is 10.4 Å². The maximum Gasteiger partial charge on any atom is 0.122 e. The van der Waals surface area contributed by atoms with Gasteiger partial charge in [-0.1, -0.05) is 0 Å². The van der Waals surface area contributed by atoms with Crippen molar-refractivity contribution in [2.45, 2.75) is 0 Å². The highest BCUT2D eigenvalue weighted by Crippen LogP contribution is 1.97. The third-order valence-electron chi connectivity index (χ3n) is 1.22. The minimum atomic E-state index is -0.0319. The molecule has 0 unspecified atom stereocenters. The summed E-state index contributed by atoms with van der Waals surface area (Å²) in [5, 5.41) is 15.6. The Morgan fingerprint density at radius 2 is 2.45 bits per heavy atom. The number of pyridine rings is 1. The highest BCUT2D eigenvalue weighted by atomic mass is 14.7. The summed E-state index contributed by atoms with van der Waals surface area (Å²) in [6.07, 6.45) is 2.35. The fraction of sp³-hybridized carbons (Fsp3) is 0. The van der Waals surface area contributed by atoms with Crippen LogP contribution in [0.15, 0.2) is 18.3 Å². The summed E-state index contributed by atoms with van der Waals surface area (Å²) in [5.41, 5.74) is 6.15. The number of nitrogens with zero attached hydrogens (tertiary/aromatic N) is 2. The average Bonchev–Trinajstić information content (AvgIpc) is 2.05. The number of amidine groups is 1. The number of nitrogens with one attached hydrogen (secondary N) is 1. The molecule has 0 spiro atoms. The van der Waals surface area contributed by atoms with Crippen LogP contribution in [-0.4, -0.2) is 17.0 Å². The van der Waals surface area contributed by atoms with Crippen molar-refractivity contribution in [1.82, 2.24) is 10.4 Å². The second-order valence-corrected chi connectivity index (χ2v) is 2.01. The van der Waals surface area contributed by atoms with Crippen LogP contribution in [0.5, 0.6) is 0 Å². The number of aromatic nitrogens is 1. The van der Waals surface area contributed by atoms with E-state index in [2.05, 4.69) is 4.98 Å². The molecule has 0 fully saturated rings. The van der Waals surface area contributed by atoms with Crippen LogP contribution in [0, 0.1) is 5.41 Å². The molecule has 4 nitrogen and oxygen atoms in total. The number of nitrogen functional groups attached to an aromatic ring is 1. The zero-order valence-corrected chi connectivity index (χ0v) is 5.78. The molecule has 0 atom stereocenters. The first-order valence-electron chi connectivity index (χ1n) is 3.02. The maximum absolute atomic E-state index is 8.55. The van der Waals surface area contributed by atoms with Gasteiger partial charge in [0.1, 0.15) is 5.84 Å². The molecule has 0 aromatic carbocycles. The Morgan fingerprint density at radius 3 is 3.00 bits per heavy atom. The molecule has 0 bridgehead atoms. The van der Waals surface area contributed by atoms with Gasteiger partial charge in [-0.05, 0) is 12.1 Å². The molecule has 55 valence electrons. The molecule has 0 amide bonds. The lowest BCUT2D eigenvalue weighted by Crippen LogP contribution is -2.11. The molecule has 1 heterocycles. The highest BCUT2D eigenvalue weighted by Gasteiger charge is 1.96. The summed E-state index contributed by atoms with van der Waals surface area (Å²) in [7, 11) is 0. The Balaban J connectivity index is 3.10. The number of nitrogens with two attached hydrogens (primary N) is 1.